The number of fused-ring (bicyclic) bond motifs is 5. The molecule has 7 atom stereocenters. The Morgan fingerprint density at radius 1 is 0.778 bits per heavy atom. The summed E-state index contributed by atoms with van der Waals surface area (Å²) in [6.07, 6.45) is 13.8. The summed E-state index contributed by atoms with van der Waals surface area (Å²) in [5, 5.41) is 0. The maximum absolute atomic E-state index is 11.7. The molecule has 1 unspecified atom stereocenters. The van der Waals surface area contributed by atoms with Gasteiger partial charge in [0.25, 0.3) is 0 Å². The summed E-state index contributed by atoms with van der Waals surface area (Å²) in [7, 11) is 0. The van der Waals surface area contributed by atoms with Gasteiger partial charge in [-0.1, -0.05) is 47.5 Å². The highest BCUT2D eigenvalue weighted by Gasteiger charge is 2.67. The highest BCUT2D eigenvalue weighted by Crippen LogP contribution is 2.73. The molecule has 4 saturated carbocycles. The van der Waals surface area contributed by atoms with Crippen LogP contribution >= 0.6 is 0 Å². The quantitative estimate of drug-likeness (QED) is 0.473. The van der Waals surface area contributed by atoms with Crippen LogP contribution in [0.15, 0.2) is 0 Å². The van der Waals surface area contributed by atoms with Crippen molar-refractivity contribution in [1.29, 1.82) is 0 Å². The zero-order valence-electron chi connectivity index (χ0n) is 18.7. The number of hydrogen-bond acceptors (Lipinski definition) is 2. The average Bonchev–Trinajstić information content (AvgIpc) is 2.57. The van der Waals surface area contributed by atoms with Gasteiger partial charge in [-0.05, 0) is 85.4 Å². The molecule has 4 rings (SSSR count). The lowest BCUT2D eigenvalue weighted by atomic mass is 9.34. The number of hydrogen-bond donors (Lipinski definition) is 0. The van der Waals surface area contributed by atoms with Crippen LogP contribution in [0.3, 0.4) is 0 Å². The van der Waals surface area contributed by atoms with E-state index in [2.05, 4.69) is 34.6 Å². The van der Waals surface area contributed by atoms with Gasteiger partial charge >= 0.3 is 5.97 Å². The normalized spacial score (nSPS) is 51.5. The van der Waals surface area contributed by atoms with Crippen LogP contribution < -0.4 is 0 Å². The van der Waals surface area contributed by atoms with E-state index >= 15 is 0 Å². The highest BCUT2D eigenvalue weighted by molar-refractivity contribution is 5.66. The summed E-state index contributed by atoms with van der Waals surface area (Å²) in [5.41, 5.74) is 1.52. The monoisotopic (exact) mass is 374 g/mol. The molecule has 4 aliphatic rings. The molecule has 2 nitrogen and oxygen atoms in total. The Balaban J connectivity index is 1.68. The summed E-state index contributed by atoms with van der Waals surface area (Å²) in [6.45, 7) is 14.3. The molecule has 0 amide bonds. The van der Waals surface area contributed by atoms with Crippen molar-refractivity contribution in [2.24, 2.45) is 39.4 Å². The third-order valence-electron chi connectivity index (χ3n) is 10.8. The predicted octanol–water partition coefficient (Wildman–Crippen LogP) is 6.77. The Morgan fingerprint density at radius 2 is 1.52 bits per heavy atom. The maximum atomic E-state index is 11.7. The van der Waals surface area contributed by atoms with Crippen molar-refractivity contribution in [3.05, 3.63) is 0 Å². The molecule has 0 spiro atoms. The van der Waals surface area contributed by atoms with E-state index in [0.29, 0.717) is 22.2 Å². The van der Waals surface area contributed by atoms with Gasteiger partial charge in [0, 0.05) is 12.3 Å². The molecule has 4 aliphatic carbocycles. The largest absolute Gasteiger partial charge is 0.462 e. The Kier molecular flexibility index (Phi) is 4.56. The number of rotatable bonds is 1. The van der Waals surface area contributed by atoms with E-state index < -0.39 is 0 Å². The number of ether oxygens (including phenoxy) is 1. The molecule has 0 aliphatic heterocycles. The van der Waals surface area contributed by atoms with Crippen LogP contribution in [0.1, 0.15) is 106 Å². The SMILES string of the molecule is CC(=O)O[C@H]1CC[C@]2(C)C3CC[C@@H]4CCCC[C@@]4(C)[C@]3(C)CC[C@H]2C1(C)C. The van der Waals surface area contributed by atoms with Crippen LogP contribution in [0, 0.1) is 39.4 Å². The molecule has 0 aromatic carbocycles. The molecule has 154 valence electrons. The van der Waals surface area contributed by atoms with E-state index in [1.54, 1.807) is 6.92 Å². The first-order valence-electron chi connectivity index (χ1n) is 11.7. The smallest absolute Gasteiger partial charge is 0.302 e. The topological polar surface area (TPSA) is 26.3 Å². The second kappa shape index (κ2) is 6.23. The first-order valence-corrected chi connectivity index (χ1v) is 11.7. The molecule has 0 radical (unpaired) electrons. The Labute approximate surface area is 167 Å². The molecule has 0 aromatic heterocycles. The van der Waals surface area contributed by atoms with Gasteiger partial charge in [0.1, 0.15) is 6.10 Å². The molecule has 0 aromatic rings. The zero-order chi connectivity index (χ0) is 19.7. The minimum absolute atomic E-state index is 0.0876. The molecule has 0 saturated heterocycles. The summed E-state index contributed by atoms with van der Waals surface area (Å²) in [6, 6.07) is 0. The summed E-state index contributed by atoms with van der Waals surface area (Å²) in [4.78, 5) is 11.7. The fraction of sp³-hybridized carbons (Fsp3) is 0.960. The second-order valence-corrected chi connectivity index (χ2v) is 12.0. The van der Waals surface area contributed by atoms with E-state index in [4.69, 9.17) is 4.74 Å². The van der Waals surface area contributed by atoms with Crippen LogP contribution in [0.5, 0.6) is 0 Å². The van der Waals surface area contributed by atoms with E-state index in [1.165, 1.54) is 57.8 Å². The van der Waals surface area contributed by atoms with Crippen LogP contribution in [0.2, 0.25) is 0 Å². The Hall–Kier alpha value is -0.530. The van der Waals surface area contributed by atoms with Crippen molar-refractivity contribution in [2.45, 2.75) is 112 Å². The zero-order valence-corrected chi connectivity index (χ0v) is 18.7. The molecule has 27 heavy (non-hydrogen) atoms. The molecular weight excluding hydrogens is 332 g/mol. The van der Waals surface area contributed by atoms with Gasteiger partial charge in [-0.25, -0.2) is 0 Å². The Bertz CT molecular complexity index is 609. The molecule has 0 N–H and O–H groups in total. The van der Waals surface area contributed by atoms with Crippen molar-refractivity contribution in [3.63, 3.8) is 0 Å². The van der Waals surface area contributed by atoms with Crippen LogP contribution in [-0.2, 0) is 9.53 Å². The van der Waals surface area contributed by atoms with Crippen molar-refractivity contribution in [1.82, 2.24) is 0 Å². The number of esters is 1. The van der Waals surface area contributed by atoms with E-state index in [1.807, 2.05) is 0 Å². The molecular formula is C25H42O2. The fourth-order valence-electron chi connectivity index (χ4n) is 9.26. The first kappa shape index (κ1) is 19.8. The van der Waals surface area contributed by atoms with Gasteiger partial charge in [-0.3, -0.25) is 4.79 Å². The molecule has 0 bridgehead atoms. The lowest BCUT2D eigenvalue weighted by Gasteiger charge is -2.71. The highest BCUT2D eigenvalue weighted by atomic mass is 16.5. The van der Waals surface area contributed by atoms with Gasteiger partial charge in [0.05, 0.1) is 0 Å². The lowest BCUT2D eigenvalue weighted by Crippen LogP contribution is -2.64. The molecule has 2 heteroatoms. The van der Waals surface area contributed by atoms with Crippen LogP contribution in [0.25, 0.3) is 0 Å². The third kappa shape index (κ3) is 2.60. The van der Waals surface area contributed by atoms with Gasteiger partial charge in [-0.15, -0.1) is 0 Å². The van der Waals surface area contributed by atoms with Crippen molar-refractivity contribution in [3.8, 4) is 0 Å². The van der Waals surface area contributed by atoms with E-state index in [-0.39, 0.29) is 17.5 Å². The number of carbonyl (C=O) groups is 1. The van der Waals surface area contributed by atoms with Crippen molar-refractivity contribution < 1.29 is 9.53 Å². The third-order valence-corrected chi connectivity index (χ3v) is 10.8. The summed E-state index contributed by atoms with van der Waals surface area (Å²) >= 11 is 0. The molecule has 0 heterocycles. The van der Waals surface area contributed by atoms with Gasteiger partial charge in [0.2, 0.25) is 0 Å². The van der Waals surface area contributed by atoms with E-state index in [0.717, 1.165) is 18.3 Å². The van der Waals surface area contributed by atoms with Crippen molar-refractivity contribution in [2.75, 3.05) is 0 Å². The van der Waals surface area contributed by atoms with Gasteiger partial charge in [-0.2, -0.15) is 0 Å². The molecule has 4 fully saturated rings. The van der Waals surface area contributed by atoms with Gasteiger partial charge < -0.3 is 4.74 Å². The maximum Gasteiger partial charge on any atom is 0.302 e. The predicted molar refractivity (Wildman–Crippen MR) is 110 cm³/mol. The lowest BCUT2D eigenvalue weighted by molar-refractivity contribution is -0.234. The summed E-state index contributed by atoms with van der Waals surface area (Å²) < 4.78 is 5.83. The van der Waals surface area contributed by atoms with Crippen molar-refractivity contribution >= 4 is 5.97 Å². The second-order valence-electron chi connectivity index (χ2n) is 12.0. The average molecular weight is 375 g/mol. The standard InChI is InChI=1S/C25H42O2/c1-17(26)27-21-13-15-23(4)19(22(21,2)3)12-16-25(6)20(23)11-10-18-9-7-8-14-24(18,25)5/h18-21H,7-16H2,1-6H3/t18-,19-,20?,21-,23-,24+,25+/m0/s1. The summed E-state index contributed by atoms with van der Waals surface area (Å²) in [5.74, 6) is 2.36. The van der Waals surface area contributed by atoms with Gasteiger partial charge in [0.15, 0.2) is 0 Å². The number of carbonyl (C=O) groups excluding carboxylic acids is 1. The Morgan fingerprint density at radius 3 is 2.22 bits per heavy atom. The first-order chi connectivity index (χ1) is 12.6. The van der Waals surface area contributed by atoms with E-state index in [9.17, 15) is 4.79 Å². The van der Waals surface area contributed by atoms with Crippen LogP contribution in [0.4, 0.5) is 0 Å². The minimum Gasteiger partial charge on any atom is -0.462 e. The fourth-order valence-corrected chi connectivity index (χ4v) is 9.26. The van der Waals surface area contributed by atoms with Crippen LogP contribution in [-0.4, -0.2) is 12.1 Å². The minimum atomic E-state index is -0.104.